The Labute approximate surface area is 95.3 Å². The molecule has 1 heterocycles. The molecule has 3 heteroatoms. The second kappa shape index (κ2) is 4.90. The highest BCUT2D eigenvalue weighted by Gasteiger charge is 2.18. The van der Waals surface area contributed by atoms with Crippen molar-refractivity contribution >= 4 is 17.1 Å². The van der Waals surface area contributed by atoms with E-state index in [-0.39, 0.29) is 18.0 Å². The molecule has 15 heavy (non-hydrogen) atoms. The second-order valence-electron chi connectivity index (χ2n) is 4.24. The van der Waals surface area contributed by atoms with Gasteiger partial charge in [0.15, 0.2) is 5.78 Å². The van der Waals surface area contributed by atoms with E-state index in [1.54, 1.807) is 0 Å². The van der Waals surface area contributed by atoms with Gasteiger partial charge in [0.05, 0.1) is 10.5 Å². The summed E-state index contributed by atoms with van der Waals surface area (Å²) in [5.41, 5.74) is -0.206. The zero-order valence-electron chi connectivity index (χ0n) is 9.79. The van der Waals surface area contributed by atoms with Gasteiger partial charge < -0.3 is 4.74 Å². The minimum atomic E-state index is -0.206. The van der Waals surface area contributed by atoms with Crippen LogP contribution >= 0.6 is 11.3 Å². The van der Waals surface area contributed by atoms with E-state index in [0.29, 0.717) is 0 Å². The first-order valence-electron chi connectivity index (χ1n) is 5.18. The maximum Gasteiger partial charge on any atom is 0.198 e. The van der Waals surface area contributed by atoms with Crippen LogP contribution in [0.1, 0.15) is 41.7 Å². The molecule has 0 N–H and O–H groups in total. The Morgan fingerprint density at radius 1 is 1.47 bits per heavy atom. The second-order valence-corrected chi connectivity index (χ2v) is 5.52. The first-order chi connectivity index (χ1) is 6.94. The van der Waals surface area contributed by atoms with E-state index in [0.717, 1.165) is 16.2 Å². The molecule has 0 saturated carbocycles. The highest BCUT2D eigenvalue weighted by atomic mass is 32.1. The quantitative estimate of drug-likeness (QED) is 0.719. The van der Waals surface area contributed by atoms with Gasteiger partial charge in [-0.3, -0.25) is 4.79 Å². The minimum absolute atomic E-state index is 0.0784. The Hall–Kier alpha value is -0.670. The Morgan fingerprint density at radius 2 is 2.13 bits per heavy atom. The van der Waals surface area contributed by atoms with Crippen LogP contribution in [0.25, 0.3) is 0 Å². The summed E-state index contributed by atoms with van der Waals surface area (Å²) in [5, 5.41) is 0. The monoisotopic (exact) mass is 226 g/mol. The Bertz CT molecular complexity index is 339. The van der Waals surface area contributed by atoms with Crippen LogP contribution in [0.4, 0.5) is 0 Å². The topological polar surface area (TPSA) is 26.3 Å². The van der Waals surface area contributed by atoms with E-state index in [9.17, 15) is 4.79 Å². The molecule has 0 spiro atoms. The number of ketones is 1. The van der Waals surface area contributed by atoms with Crippen molar-refractivity contribution in [3.05, 3.63) is 21.9 Å². The molecule has 0 fully saturated rings. The third kappa shape index (κ3) is 3.76. The lowest BCUT2D eigenvalue weighted by atomic mass is 10.1. The molecular weight excluding hydrogens is 208 g/mol. The number of hydrogen-bond donors (Lipinski definition) is 0. The standard InChI is InChI=1S/C12H18O2S/c1-5-12(3,4)14-8-10(13)11-7-6-9(2)15-11/h6-7H,5,8H2,1-4H3. The molecule has 0 atom stereocenters. The molecule has 0 amide bonds. The molecule has 0 aliphatic rings. The molecule has 0 saturated heterocycles. The number of aryl methyl sites for hydroxylation is 1. The van der Waals surface area contributed by atoms with Gasteiger partial charge in [-0.15, -0.1) is 11.3 Å². The fraction of sp³-hybridized carbons (Fsp3) is 0.583. The predicted molar refractivity (Wildman–Crippen MR) is 63.7 cm³/mol. The average molecular weight is 226 g/mol. The van der Waals surface area contributed by atoms with Crippen molar-refractivity contribution in [1.29, 1.82) is 0 Å². The Kier molecular flexibility index (Phi) is 4.05. The van der Waals surface area contributed by atoms with Crippen molar-refractivity contribution in [2.75, 3.05) is 6.61 Å². The zero-order chi connectivity index (χ0) is 11.5. The molecule has 1 rings (SSSR count). The van der Waals surface area contributed by atoms with Gasteiger partial charge in [-0.25, -0.2) is 0 Å². The van der Waals surface area contributed by atoms with Gasteiger partial charge >= 0.3 is 0 Å². The molecule has 84 valence electrons. The largest absolute Gasteiger partial charge is 0.367 e. The van der Waals surface area contributed by atoms with Gasteiger partial charge in [0.25, 0.3) is 0 Å². The van der Waals surface area contributed by atoms with Crippen LogP contribution in [0.2, 0.25) is 0 Å². The number of Topliss-reactive ketones (excluding diaryl/α,β-unsaturated/α-hetero) is 1. The fourth-order valence-corrected chi connectivity index (χ4v) is 1.81. The number of carbonyl (C=O) groups is 1. The number of carbonyl (C=O) groups excluding carboxylic acids is 1. The van der Waals surface area contributed by atoms with E-state index in [2.05, 4.69) is 6.92 Å². The highest BCUT2D eigenvalue weighted by molar-refractivity contribution is 7.14. The van der Waals surface area contributed by atoms with E-state index in [1.807, 2.05) is 32.9 Å². The molecule has 0 bridgehead atoms. The van der Waals surface area contributed by atoms with Crippen LogP contribution in [-0.2, 0) is 4.74 Å². The number of ether oxygens (including phenoxy) is 1. The summed E-state index contributed by atoms with van der Waals surface area (Å²) in [5.74, 6) is 0.0784. The van der Waals surface area contributed by atoms with Gasteiger partial charge in [0.1, 0.15) is 6.61 Å². The fourth-order valence-electron chi connectivity index (χ4n) is 1.02. The molecular formula is C12H18O2S. The van der Waals surface area contributed by atoms with Crippen molar-refractivity contribution in [3.8, 4) is 0 Å². The summed E-state index contributed by atoms with van der Waals surface area (Å²) in [6.45, 7) is 8.23. The van der Waals surface area contributed by atoms with Crippen LogP contribution < -0.4 is 0 Å². The maximum atomic E-state index is 11.7. The number of thiophene rings is 1. The lowest BCUT2D eigenvalue weighted by Gasteiger charge is -2.22. The number of rotatable bonds is 5. The third-order valence-corrected chi connectivity index (χ3v) is 3.50. The van der Waals surface area contributed by atoms with E-state index >= 15 is 0 Å². The summed E-state index contributed by atoms with van der Waals surface area (Å²) in [7, 11) is 0. The first kappa shape index (κ1) is 12.4. The summed E-state index contributed by atoms with van der Waals surface area (Å²) in [6.07, 6.45) is 0.906. The van der Waals surface area contributed by atoms with Crippen molar-refractivity contribution in [2.24, 2.45) is 0 Å². The van der Waals surface area contributed by atoms with Crippen LogP contribution in [-0.4, -0.2) is 18.0 Å². The van der Waals surface area contributed by atoms with Crippen molar-refractivity contribution in [1.82, 2.24) is 0 Å². The summed E-state index contributed by atoms with van der Waals surface area (Å²) in [4.78, 5) is 13.7. The van der Waals surface area contributed by atoms with E-state index in [4.69, 9.17) is 4.74 Å². The van der Waals surface area contributed by atoms with Crippen LogP contribution in [0.5, 0.6) is 0 Å². The molecule has 0 aromatic carbocycles. The molecule has 0 aliphatic heterocycles. The SMILES string of the molecule is CCC(C)(C)OCC(=O)c1ccc(C)s1. The van der Waals surface area contributed by atoms with Gasteiger partial charge in [0, 0.05) is 4.88 Å². The molecule has 1 aromatic rings. The maximum absolute atomic E-state index is 11.7. The van der Waals surface area contributed by atoms with Crippen molar-refractivity contribution in [2.45, 2.75) is 39.7 Å². The molecule has 0 aliphatic carbocycles. The van der Waals surface area contributed by atoms with Gasteiger partial charge in [-0.05, 0) is 39.3 Å². The first-order valence-corrected chi connectivity index (χ1v) is 6.00. The zero-order valence-corrected chi connectivity index (χ0v) is 10.6. The van der Waals surface area contributed by atoms with E-state index < -0.39 is 0 Å². The molecule has 1 aromatic heterocycles. The van der Waals surface area contributed by atoms with Crippen LogP contribution in [0.15, 0.2) is 12.1 Å². The summed E-state index contributed by atoms with van der Waals surface area (Å²) >= 11 is 1.52. The van der Waals surface area contributed by atoms with Gasteiger partial charge in [-0.2, -0.15) is 0 Å². The van der Waals surface area contributed by atoms with Crippen molar-refractivity contribution in [3.63, 3.8) is 0 Å². The lowest BCUT2D eigenvalue weighted by molar-refractivity contribution is -0.0120. The lowest BCUT2D eigenvalue weighted by Crippen LogP contribution is -2.26. The Balaban J connectivity index is 2.50. The molecule has 0 unspecified atom stereocenters. The molecule has 0 radical (unpaired) electrons. The average Bonchev–Trinajstić information content (AvgIpc) is 2.61. The third-order valence-electron chi connectivity index (χ3n) is 2.46. The smallest absolute Gasteiger partial charge is 0.198 e. The van der Waals surface area contributed by atoms with Gasteiger partial charge in [-0.1, -0.05) is 6.92 Å². The number of hydrogen-bond acceptors (Lipinski definition) is 3. The normalized spacial score (nSPS) is 11.7. The van der Waals surface area contributed by atoms with Crippen LogP contribution in [0, 0.1) is 6.92 Å². The predicted octanol–water partition coefficient (Wildman–Crippen LogP) is 3.44. The highest BCUT2D eigenvalue weighted by Crippen LogP contribution is 2.18. The summed E-state index contributed by atoms with van der Waals surface area (Å²) < 4.78 is 5.56. The summed E-state index contributed by atoms with van der Waals surface area (Å²) in [6, 6.07) is 3.83. The minimum Gasteiger partial charge on any atom is -0.367 e. The van der Waals surface area contributed by atoms with Crippen LogP contribution in [0.3, 0.4) is 0 Å². The Morgan fingerprint density at radius 3 is 2.60 bits per heavy atom. The van der Waals surface area contributed by atoms with Gasteiger partial charge in [0.2, 0.25) is 0 Å². The van der Waals surface area contributed by atoms with E-state index in [1.165, 1.54) is 11.3 Å². The van der Waals surface area contributed by atoms with Crippen molar-refractivity contribution < 1.29 is 9.53 Å². The molecule has 2 nitrogen and oxygen atoms in total.